The van der Waals surface area contributed by atoms with Crippen molar-refractivity contribution in [2.24, 2.45) is 11.7 Å². The Morgan fingerprint density at radius 2 is 1.96 bits per heavy atom. The van der Waals surface area contributed by atoms with Gasteiger partial charge in [0.25, 0.3) is 10.0 Å². The van der Waals surface area contributed by atoms with E-state index in [1.807, 2.05) is 0 Å². The molecule has 1 aromatic heterocycles. The van der Waals surface area contributed by atoms with E-state index in [2.05, 4.69) is 5.32 Å². The molecule has 3 rings (SSSR count). The lowest BCUT2D eigenvalue weighted by Gasteiger charge is -2.25. The number of carbonyl (C=O) groups is 1. The van der Waals surface area contributed by atoms with E-state index in [-0.39, 0.29) is 18.4 Å². The molecule has 0 aromatic carbocycles. The zero-order chi connectivity index (χ0) is 17.9. The van der Waals surface area contributed by atoms with Crippen LogP contribution in [0.1, 0.15) is 43.4 Å². The Hall–Kier alpha value is -0.960. The number of piperidine rings is 1. The minimum Gasteiger partial charge on any atom is -0.353 e. The van der Waals surface area contributed by atoms with Crippen molar-refractivity contribution in [3.05, 3.63) is 17.0 Å². The number of sulfonamides is 1. The van der Waals surface area contributed by atoms with Gasteiger partial charge in [-0.3, -0.25) is 4.79 Å². The molecule has 140 valence electrons. The molecule has 1 aromatic rings. The summed E-state index contributed by atoms with van der Waals surface area (Å²) in [7, 11) is -3.41. The van der Waals surface area contributed by atoms with Gasteiger partial charge in [-0.2, -0.15) is 4.31 Å². The van der Waals surface area contributed by atoms with Crippen LogP contribution in [0.5, 0.6) is 0 Å². The lowest BCUT2D eigenvalue weighted by atomic mass is 10.0. The largest absolute Gasteiger partial charge is 0.353 e. The number of rotatable bonds is 6. The molecule has 2 unspecified atom stereocenters. The van der Waals surface area contributed by atoms with Gasteiger partial charge in [-0.05, 0) is 50.3 Å². The van der Waals surface area contributed by atoms with Gasteiger partial charge in [0.05, 0.1) is 6.42 Å². The fourth-order valence-corrected chi connectivity index (χ4v) is 6.78. The van der Waals surface area contributed by atoms with E-state index in [1.165, 1.54) is 11.3 Å². The van der Waals surface area contributed by atoms with Crippen molar-refractivity contribution < 1.29 is 13.2 Å². The van der Waals surface area contributed by atoms with Crippen LogP contribution in [0.2, 0.25) is 0 Å². The van der Waals surface area contributed by atoms with E-state index in [1.54, 1.807) is 16.4 Å². The second-order valence-corrected chi connectivity index (χ2v) is 10.3. The molecule has 2 heterocycles. The third-order valence-corrected chi connectivity index (χ3v) is 8.64. The third-order valence-electron chi connectivity index (χ3n) is 5.19. The molecular formula is C17H27N3O3S2. The molecule has 0 radical (unpaired) electrons. The van der Waals surface area contributed by atoms with E-state index in [4.69, 9.17) is 5.73 Å². The molecule has 2 aliphatic rings. The zero-order valence-electron chi connectivity index (χ0n) is 14.4. The molecule has 1 aliphatic carbocycles. The number of nitrogens with one attached hydrogen (secondary N) is 1. The number of thiophene rings is 1. The normalized spacial score (nSPS) is 25.2. The number of carbonyl (C=O) groups excluding carboxylic acids is 1. The number of nitrogens with zero attached hydrogens (tertiary/aromatic N) is 1. The average Bonchev–Trinajstić information content (AvgIpc) is 3.25. The molecule has 6 nitrogen and oxygen atoms in total. The van der Waals surface area contributed by atoms with Crippen LogP contribution in [0, 0.1) is 5.92 Å². The minimum absolute atomic E-state index is 0.0471. The first kappa shape index (κ1) is 18.8. The summed E-state index contributed by atoms with van der Waals surface area (Å²) in [5, 5.41) is 3.07. The highest BCUT2D eigenvalue weighted by atomic mass is 32.2. The predicted octanol–water partition coefficient (Wildman–Crippen LogP) is 1.71. The number of nitrogens with two attached hydrogens (primary N) is 1. The zero-order valence-corrected chi connectivity index (χ0v) is 16.1. The fraction of sp³-hybridized carbons (Fsp3) is 0.706. The molecule has 0 spiro atoms. The van der Waals surface area contributed by atoms with E-state index in [0.717, 1.165) is 43.4 Å². The van der Waals surface area contributed by atoms with Crippen molar-refractivity contribution in [1.29, 1.82) is 0 Å². The number of amides is 1. The van der Waals surface area contributed by atoms with Crippen molar-refractivity contribution in [1.82, 2.24) is 9.62 Å². The summed E-state index contributed by atoms with van der Waals surface area (Å²) in [4.78, 5) is 13.1. The fourth-order valence-electron chi connectivity index (χ4n) is 3.75. The van der Waals surface area contributed by atoms with Gasteiger partial charge in [0.2, 0.25) is 5.91 Å². The quantitative estimate of drug-likeness (QED) is 0.780. The maximum absolute atomic E-state index is 12.7. The average molecular weight is 386 g/mol. The monoisotopic (exact) mass is 385 g/mol. The first-order valence-electron chi connectivity index (χ1n) is 9.09. The van der Waals surface area contributed by atoms with E-state index in [9.17, 15) is 13.2 Å². The third kappa shape index (κ3) is 4.42. The summed E-state index contributed by atoms with van der Waals surface area (Å²) < 4.78 is 27.2. The van der Waals surface area contributed by atoms with Crippen LogP contribution in [0.3, 0.4) is 0 Å². The Kier molecular flexibility index (Phi) is 6.14. The Labute approximate surface area is 153 Å². The van der Waals surface area contributed by atoms with Gasteiger partial charge in [-0.25, -0.2) is 8.42 Å². The lowest BCUT2D eigenvalue weighted by molar-refractivity contribution is -0.121. The number of hydrogen-bond donors (Lipinski definition) is 2. The van der Waals surface area contributed by atoms with Gasteiger partial charge >= 0.3 is 0 Å². The summed E-state index contributed by atoms with van der Waals surface area (Å²) in [6.45, 7) is 1.79. The van der Waals surface area contributed by atoms with Crippen LogP contribution < -0.4 is 11.1 Å². The molecule has 0 bridgehead atoms. The first-order chi connectivity index (χ1) is 12.0. The van der Waals surface area contributed by atoms with E-state index < -0.39 is 10.0 Å². The van der Waals surface area contributed by atoms with Gasteiger partial charge < -0.3 is 11.1 Å². The summed E-state index contributed by atoms with van der Waals surface area (Å²) >= 11 is 1.21. The van der Waals surface area contributed by atoms with Crippen LogP contribution in [0.4, 0.5) is 0 Å². The smallest absolute Gasteiger partial charge is 0.252 e. The second-order valence-electron chi connectivity index (χ2n) is 6.96. The highest BCUT2D eigenvalue weighted by Gasteiger charge is 2.29. The lowest BCUT2D eigenvalue weighted by Crippen LogP contribution is -2.40. The Morgan fingerprint density at radius 3 is 2.68 bits per heavy atom. The standard InChI is InChI=1S/C17H27N3O3S2/c18-12-13-5-4-6-15(13)19-16(21)11-14-7-8-17(24-14)25(22,23)20-9-2-1-3-10-20/h7-8,13,15H,1-6,9-12,18H2,(H,19,21). The highest BCUT2D eigenvalue weighted by molar-refractivity contribution is 7.91. The van der Waals surface area contributed by atoms with Gasteiger partial charge in [0.15, 0.2) is 0 Å². The maximum Gasteiger partial charge on any atom is 0.252 e. The van der Waals surface area contributed by atoms with E-state index in [0.29, 0.717) is 29.8 Å². The van der Waals surface area contributed by atoms with Crippen LogP contribution >= 0.6 is 11.3 Å². The summed E-state index contributed by atoms with van der Waals surface area (Å²) in [5.74, 6) is 0.316. The van der Waals surface area contributed by atoms with Crippen molar-refractivity contribution in [2.45, 2.75) is 55.2 Å². The van der Waals surface area contributed by atoms with Crippen LogP contribution in [-0.2, 0) is 21.2 Å². The van der Waals surface area contributed by atoms with Crippen molar-refractivity contribution >= 4 is 27.3 Å². The van der Waals surface area contributed by atoms with Crippen LogP contribution in [-0.4, -0.2) is 44.3 Å². The molecule has 2 fully saturated rings. The first-order valence-corrected chi connectivity index (χ1v) is 11.3. The molecular weight excluding hydrogens is 358 g/mol. The van der Waals surface area contributed by atoms with Crippen molar-refractivity contribution in [3.63, 3.8) is 0 Å². The van der Waals surface area contributed by atoms with Crippen molar-refractivity contribution in [2.75, 3.05) is 19.6 Å². The van der Waals surface area contributed by atoms with Crippen LogP contribution in [0.15, 0.2) is 16.3 Å². The van der Waals surface area contributed by atoms with Crippen LogP contribution in [0.25, 0.3) is 0 Å². The van der Waals surface area contributed by atoms with Gasteiger partial charge in [-0.15, -0.1) is 11.3 Å². The molecule has 1 saturated carbocycles. The van der Waals surface area contributed by atoms with E-state index >= 15 is 0 Å². The maximum atomic E-state index is 12.7. The molecule has 8 heteroatoms. The Morgan fingerprint density at radius 1 is 1.20 bits per heavy atom. The Bertz CT molecular complexity index is 696. The summed E-state index contributed by atoms with van der Waals surface area (Å²) in [5.41, 5.74) is 5.75. The molecule has 1 saturated heterocycles. The predicted molar refractivity (Wildman–Crippen MR) is 99.0 cm³/mol. The number of hydrogen-bond acceptors (Lipinski definition) is 5. The molecule has 2 atom stereocenters. The summed E-state index contributed by atoms with van der Waals surface area (Å²) in [6, 6.07) is 3.56. The van der Waals surface area contributed by atoms with Gasteiger partial charge in [0.1, 0.15) is 4.21 Å². The molecule has 1 amide bonds. The second kappa shape index (κ2) is 8.16. The minimum atomic E-state index is -3.41. The topological polar surface area (TPSA) is 92.5 Å². The SMILES string of the molecule is NCC1CCCC1NC(=O)Cc1ccc(S(=O)(=O)N2CCCCC2)s1. The Balaban J connectivity index is 1.60. The van der Waals surface area contributed by atoms with Gasteiger partial charge in [-0.1, -0.05) is 12.8 Å². The molecule has 3 N–H and O–H groups in total. The highest BCUT2D eigenvalue weighted by Crippen LogP contribution is 2.28. The van der Waals surface area contributed by atoms with Gasteiger partial charge in [0, 0.05) is 24.0 Å². The van der Waals surface area contributed by atoms with Crippen molar-refractivity contribution in [3.8, 4) is 0 Å². The molecule has 1 aliphatic heterocycles. The molecule has 25 heavy (non-hydrogen) atoms. The summed E-state index contributed by atoms with van der Waals surface area (Å²) in [6.07, 6.45) is 6.31.